The first-order valence-corrected chi connectivity index (χ1v) is 7.49. The zero-order valence-corrected chi connectivity index (χ0v) is 13.1. The summed E-state index contributed by atoms with van der Waals surface area (Å²) in [6, 6.07) is -0.472. The van der Waals surface area contributed by atoms with E-state index in [1.54, 1.807) is 11.9 Å². The Kier molecular flexibility index (Phi) is 5.99. The van der Waals surface area contributed by atoms with E-state index in [9.17, 15) is 9.59 Å². The Morgan fingerprint density at radius 3 is 2.48 bits per heavy atom. The minimum atomic E-state index is -1.04. The van der Waals surface area contributed by atoms with Gasteiger partial charge < -0.3 is 21.2 Å². The van der Waals surface area contributed by atoms with Gasteiger partial charge in [0.2, 0.25) is 11.8 Å². The van der Waals surface area contributed by atoms with Crippen molar-refractivity contribution in [3.05, 3.63) is 0 Å². The van der Waals surface area contributed by atoms with Gasteiger partial charge in [0.1, 0.15) is 11.5 Å². The Hall–Kier alpha value is -1.79. The molecule has 120 valence electrons. The molecule has 1 heterocycles. The molecule has 0 bridgehead atoms. The lowest BCUT2D eigenvalue weighted by Gasteiger charge is -2.40. The lowest BCUT2D eigenvalue weighted by Crippen LogP contribution is -2.58. The molecule has 0 aromatic rings. The maximum absolute atomic E-state index is 13.0. The summed E-state index contributed by atoms with van der Waals surface area (Å²) >= 11 is 0. The third-order valence-electron chi connectivity index (χ3n) is 4.53. The van der Waals surface area contributed by atoms with Gasteiger partial charge in [-0.05, 0) is 32.1 Å². The lowest BCUT2D eigenvalue weighted by atomic mass is 9.78. The monoisotopic (exact) mass is 298 g/mol. The quantitative estimate of drug-likeness (QED) is 0.300. The molecule has 1 atom stereocenters. The molecule has 0 aromatic carbocycles. The Bertz CT molecular complexity index is 418. The Morgan fingerprint density at radius 2 is 2.00 bits per heavy atom. The second-order valence-corrected chi connectivity index (χ2v) is 5.40. The second kappa shape index (κ2) is 7.28. The van der Waals surface area contributed by atoms with Crippen LogP contribution in [0.25, 0.3) is 0 Å². The number of likely N-dealkylation sites (N-methyl/N-ethyl adjacent to an activating group) is 1. The van der Waals surface area contributed by atoms with Crippen LogP contribution >= 0.6 is 0 Å². The zero-order chi connectivity index (χ0) is 16.0. The third kappa shape index (κ3) is 3.11. The van der Waals surface area contributed by atoms with Crippen molar-refractivity contribution in [1.82, 2.24) is 10.2 Å². The van der Waals surface area contributed by atoms with E-state index in [0.717, 1.165) is 12.8 Å². The van der Waals surface area contributed by atoms with Gasteiger partial charge in [-0.2, -0.15) is 0 Å². The number of carbonyl (C=O) groups is 2. The molecule has 1 fully saturated rings. The van der Waals surface area contributed by atoms with E-state index in [2.05, 4.69) is 10.5 Å². The number of nitrogens with one attached hydrogen (secondary N) is 1. The molecular formula is C14H26N4O3. The predicted molar refractivity (Wildman–Crippen MR) is 79.8 cm³/mol. The van der Waals surface area contributed by atoms with Crippen LogP contribution in [-0.4, -0.2) is 47.4 Å². The van der Waals surface area contributed by atoms with Gasteiger partial charge in [0.15, 0.2) is 5.84 Å². The van der Waals surface area contributed by atoms with E-state index in [1.807, 2.05) is 13.8 Å². The molecule has 1 aliphatic rings. The number of amidine groups is 1. The molecule has 0 radical (unpaired) electrons. The molecule has 0 saturated carbocycles. The summed E-state index contributed by atoms with van der Waals surface area (Å²) in [5.74, 6) is -0.474. The van der Waals surface area contributed by atoms with Gasteiger partial charge in [-0.3, -0.25) is 9.59 Å². The van der Waals surface area contributed by atoms with E-state index in [-0.39, 0.29) is 17.6 Å². The van der Waals surface area contributed by atoms with E-state index >= 15 is 0 Å². The third-order valence-corrected chi connectivity index (χ3v) is 4.53. The SMILES string of the molecule is CCC(CC)(C(=O)N1CCCCC1C(=O)NC)C(N)=NO. The van der Waals surface area contributed by atoms with Crippen LogP contribution < -0.4 is 11.1 Å². The molecular weight excluding hydrogens is 272 g/mol. The maximum Gasteiger partial charge on any atom is 0.242 e. The van der Waals surface area contributed by atoms with Crippen molar-refractivity contribution in [3.8, 4) is 0 Å². The normalized spacial score (nSPS) is 20.2. The van der Waals surface area contributed by atoms with Gasteiger partial charge in [0, 0.05) is 13.6 Å². The molecule has 7 heteroatoms. The van der Waals surface area contributed by atoms with Crippen molar-refractivity contribution < 1.29 is 14.8 Å². The summed E-state index contributed by atoms with van der Waals surface area (Å²) in [4.78, 5) is 26.6. The molecule has 1 aliphatic heterocycles. The number of rotatable bonds is 5. The van der Waals surface area contributed by atoms with Gasteiger partial charge >= 0.3 is 0 Å². The second-order valence-electron chi connectivity index (χ2n) is 5.40. The van der Waals surface area contributed by atoms with Crippen LogP contribution in [0.15, 0.2) is 5.16 Å². The van der Waals surface area contributed by atoms with Gasteiger partial charge in [0.25, 0.3) is 0 Å². The smallest absolute Gasteiger partial charge is 0.242 e. The van der Waals surface area contributed by atoms with Crippen LogP contribution in [0, 0.1) is 5.41 Å². The topological polar surface area (TPSA) is 108 Å². The van der Waals surface area contributed by atoms with Crippen molar-refractivity contribution in [1.29, 1.82) is 0 Å². The standard InChI is InChI=1S/C14H26N4O3/c1-4-14(5-2,12(15)17-21)13(20)18-9-7-6-8-10(18)11(19)16-3/h10,21H,4-9H2,1-3H3,(H2,15,17)(H,16,19). The first kappa shape index (κ1) is 17.3. The van der Waals surface area contributed by atoms with Gasteiger partial charge in [0.05, 0.1) is 0 Å². The highest BCUT2D eigenvalue weighted by Crippen LogP contribution is 2.32. The van der Waals surface area contributed by atoms with Crippen LogP contribution in [0.3, 0.4) is 0 Å². The minimum Gasteiger partial charge on any atom is -0.409 e. The fourth-order valence-corrected chi connectivity index (χ4v) is 3.01. The van der Waals surface area contributed by atoms with Gasteiger partial charge in [-0.25, -0.2) is 0 Å². The molecule has 1 unspecified atom stereocenters. The lowest BCUT2D eigenvalue weighted by molar-refractivity contribution is -0.148. The zero-order valence-electron chi connectivity index (χ0n) is 13.1. The van der Waals surface area contributed by atoms with Crippen molar-refractivity contribution >= 4 is 17.6 Å². The summed E-state index contributed by atoms with van der Waals surface area (Å²) in [6.45, 7) is 4.19. The highest BCUT2D eigenvalue weighted by atomic mass is 16.4. The number of oxime groups is 1. The predicted octanol–water partition coefficient (Wildman–Crippen LogP) is 0.666. The molecule has 2 amide bonds. The number of amides is 2. The van der Waals surface area contributed by atoms with Crippen LogP contribution in [-0.2, 0) is 9.59 Å². The number of carbonyl (C=O) groups excluding carboxylic acids is 2. The molecule has 1 saturated heterocycles. The molecule has 0 aromatic heterocycles. The molecule has 0 spiro atoms. The van der Waals surface area contributed by atoms with E-state index in [4.69, 9.17) is 10.9 Å². The first-order valence-electron chi connectivity index (χ1n) is 7.49. The number of piperidine rings is 1. The Labute approximate surface area is 125 Å². The molecule has 1 rings (SSSR count). The summed E-state index contributed by atoms with van der Waals surface area (Å²) in [6.07, 6.45) is 3.27. The fraction of sp³-hybridized carbons (Fsp3) is 0.786. The first-order chi connectivity index (χ1) is 9.98. The van der Waals surface area contributed by atoms with Crippen molar-refractivity contribution in [2.75, 3.05) is 13.6 Å². The summed E-state index contributed by atoms with van der Waals surface area (Å²) < 4.78 is 0. The number of nitrogens with two attached hydrogens (primary N) is 1. The fourth-order valence-electron chi connectivity index (χ4n) is 3.01. The number of hydrogen-bond donors (Lipinski definition) is 3. The average molecular weight is 298 g/mol. The number of hydrogen-bond acceptors (Lipinski definition) is 4. The minimum absolute atomic E-state index is 0.0845. The largest absolute Gasteiger partial charge is 0.409 e. The summed E-state index contributed by atoms with van der Waals surface area (Å²) in [5, 5.41) is 14.7. The maximum atomic E-state index is 13.0. The highest BCUT2D eigenvalue weighted by molar-refractivity contribution is 6.07. The molecule has 21 heavy (non-hydrogen) atoms. The van der Waals surface area contributed by atoms with Crippen molar-refractivity contribution in [2.24, 2.45) is 16.3 Å². The van der Waals surface area contributed by atoms with Crippen LogP contribution in [0.4, 0.5) is 0 Å². The van der Waals surface area contributed by atoms with Crippen molar-refractivity contribution in [2.45, 2.75) is 52.0 Å². The summed E-state index contributed by atoms with van der Waals surface area (Å²) in [7, 11) is 1.57. The molecule has 0 aliphatic carbocycles. The van der Waals surface area contributed by atoms with Crippen LogP contribution in [0.5, 0.6) is 0 Å². The van der Waals surface area contributed by atoms with Crippen LogP contribution in [0.1, 0.15) is 46.0 Å². The average Bonchev–Trinajstić information content (AvgIpc) is 2.55. The van der Waals surface area contributed by atoms with Crippen LogP contribution in [0.2, 0.25) is 0 Å². The summed E-state index contributed by atoms with van der Waals surface area (Å²) in [5.41, 5.74) is 4.74. The number of nitrogens with zero attached hydrogens (tertiary/aromatic N) is 2. The number of likely N-dealkylation sites (tertiary alicyclic amines) is 1. The molecule has 7 nitrogen and oxygen atoms in total. The van der Waals surface area contributed by atoms with E-state index < -0.39 is 11.5 Å². The van der Waals surface area contributed by atoms with Gasteiger partial charge in [-0.15, -0.1) is 0 Å². The van der Waals surface area contributed by atoms with E-state index in [0.29, 0.717) is 25.8 Å². The highest BCUT2D eigenvalue weighted by Gasteiger charge is 2.45. The van der Waals surface area contributed by atoms with Gasteiger partial charge in [-0.1, -0.05) is 19.0 Å². The Morgan fingerprint density at radius 1 is 1.38 bits per heavy atom. The van der Waals surface area contributed by atoms with E-state index in [1.165, 1.54) is 0 Å². The van der Waals surface area contributed by atoms with Crippen molar-refractivity contribution in [3.63, 3.8) is 0 Å². The molecule has 4 N–H and O–H groups in total. The Balaban J connectivity index is 3.14.